The first kappa shape index (κ1) is 21.8. The summed E-state index contributed by atoms with van der Waals surface area (Å²) in [7, 11) is -3.74. The van der Waals surface area contributed by atoms with Gasteiger partial charge in [-0.15, -0.1) is 0 Å². The molecule has 30 heavy (non-hydrogen) atoms. The van der Waals surface area contributed by atoms with Crippen LogP contribution >= 0.6 is 0 Å². The Balaban J connectivity index is 1.72. The average Bonchev–Trinajstić information content (AvgIpc) is 2.78. The zero-order chi connectivity index (χ0) is 21.7. The lowest BCUT2D eigenvalue weighted by Crippen LogP contribution is -2.35. The van der Waals surface area contributed by atoms with Crippen LogP contribution in [0.5, 0.6) is 0 Å². The van der Waals surface area contributed by atoms with Gasteiger partial charge in [-0.05, 0) is 62.6 Å². The first-order chi connectivity index (χ1) is 14.4. The van der Waals surface area contributed by atoms with E-state index in [1.807, 2.05) is 38.1 Å². The van der Waals surface area contributed by atoms with Crippen molar-refractivity contribution in [2.24, 2.45) is 0 Å². The van der Waals surface area contributed by atoms with E-state index in [9.17, 15) is 18.0 Å². The first-order valence-corrected chi connectivity index (χ1v) is 11.5. The van der Waals surface area contributed by atoms with Crippen molar-refractivity contribution in [1.82, 2.24) is 4.90 Å². The fourth-order valence-corrected chi connectivity index (χ4v) is 5.06. The number of hydrogen-bond acceptors (Lipinski definition) is 5. The SMILES string of the molecule is CCN(CC)C(=O)COC(=O)c1ccc(S(=O)(=O)N2CCCc3ccccc32)cc1. The summed E-state index contributed by atoms with van der Waals surface area (Å²) in [5.74, 6) is -0.931. The lowest BCUT2D eigenvalue weighted by molar-refractivity contribution is -0.134. The number of para-hydroxylation sites is 1. The van der Waals surface area contributed by atoms with Crippen molar-refractivity contribution in [3.05, 3.63) is 59.7 Å². The molecular weight excluding hydrogens is 404 g/mol. The molecular formula is C22H26N2O5S. The molecule has 0 N–H and O–H groups in total. The molecule has 1 aliphatic rings. The van der Waals surface area contributed by atoms with E-state index in [0.29, 0.717) is 25.3 Å². The number of likely N-dealkylation sites (N-methyl/N-ethyl adjacent to an activating group) is 1. The van der Waals surface area contributed by atoms with Crippen molar-refractivity contribution in [2.45, 2.75) is 31.6 Å². The summed E-state index contributed by atoms with van der Waals surface area (Å²) in [4.78, 5) is 25.9. The second-order valence-electron chi connectivity index (χ2n) is 6.98. The van der Waals surface area contributed by atoms with Crippen molar-refractivity contribution in [3.8, 4) is 0 Å². The molecule has 0 saturated heterocycles. The van der Waals surface area contributed by atoms with Gasteiger partial charge < -0.3 is 9.64 Å². The van der Waals surface area contributed by atoms with Crippen molar-refractivity contribution < 1.29 is 22.7 Å². The highest BCUT2D eigenvalue weighted by atomic mass is 32.2. The number of carbonyl (C=O) groups is 2. The van der Waals surface area contributed by atoms with Gasteiger partial charge in [0.2, 0.25) is 0 Å². The molecule has 0 aliphatic carbocycles. The minimum Gasteiger partial charge on any atom is -0.452 e. The number of aryl methyl sites for hydroxylation is 1. The van der Waals surface area contributed by atoms with Crippen LogP contribution in [0.2, 0.25) is 0 Å². The third-order valence-electron chi connectivity index (χ3n) is 5.19. The molecule has 0 atom stereocenters. The fourth-order valence-electron chi connectivity index (χ4n) is 3.52. The first-order valence-electron chi connectivity index (χ1n) is 10.0. The molecule has 0 unspecified atom stereocenters. The number of hydrogen-bond donors (Lipinski definition) is 0. The Morgan fingerprint density at radius 1 is 1.03 bits per heavy atom. The van der Waals surface area contributed by atoms with E-state index in [-0.39, 0.29) is 23.0 Å². The van der Waals surface area contributed by atoms with Gasteiger partial charge in [0.05, 0.1) is 16.1 Å². The maximum absolute atomic E-state index is 13.1. The van der Waals surface area contributed by atoms with Crippen molar-refractivity contribution in [2.75, 3.05) is 30.5 Å². The van der Waals surface area contributed by atoms with E-state index < -0.39 is 16.0 Å². The standard InChI is InChI=1S/C22H26N2O5S/c1-3-23(4-2)21(25)16-29-22(26)18-11-13-19(14-12-18)30(27,28)24-15-7-9-17-8-5-6-10-20(17)24/h5-6,8,10-14H,3-4,7,9,15-16H2,1-2H3. The maximum atomic E-state index is 13.1. The number of nitrogens with zero attached hydrogens (tertiary/aromatic N) is 2. The van der Waals surface area contributed by atoms with Crippen LogP contribution in [-0.4, -0.2) is 51.4 Å². The fraction of sp³-hybridized carbons (Fsp3) is 0.364. The van der Waals surface area contributed by atoms with Crippen molar-refractivity contribution >= 4 is 27.6 Å². The predicted octanol–water partition coefficient (Wildman–Crippen LogP) is 2.85. The Bertz CT molecular complexity index is 1010. The van der Waals surface area contributed by atoms with Crippen molar-refractivity contribution in [3.63, 3.8) is 0 Å². The number of carbonyl (C=O) groups excluding carboxylic acids is 2. The summed E-state index contributed by atoms with van der Waals surface area (Å²) in [6.45, 7) is 4.85. The maximum Gasteiger partial charge on any atom is 0.338 e. The number of ether oxygens (including phenoxy) is 1. The van der Waals surface area contributed by atoms with Gasteiger partial charge in [-0.2, -0.15) is 0 Å². The Labute approximate surface area is 177 Å². The van der Waals surface area contributed by atoms with Crippen LogP contribution in [0.15, 0.2) is 53.4 Å². The van der Waals surface area contributed by atoms with E-state index in [4.69, 9.17) is 4.74 Å². The number of amides is 1. The van der Waals surface area contributed by atoms with Gasteiger partial charge in [-0.25, -0.2) is 13.2 Å². The van der Waals surface area contributed by atoms with E-state index in [1.165, 1.54) is 28.6 Å². The van der Waals surface area contributed by atoms with E-state index in [1.54, 1.807) is 4.90 Å². The monoisotopic (exact) mass is 430 g/mol. The van der Waals surface area contributed by atoms with E-state index in [0.717, 1.165) is 18.4 Å². The quantitative estimate of drug-likeness (QED) is 0.631. The molecule has 3 rings (SSSR count). The number of fused-ring (bicyclic) bond motifs is 1. The molecule has 7 nitrogen and oxygen atoms in total. The van der Waals surface area contributed by atoms with Crippen LogP contribution < -0.4 is 4.31 Å². The van der Waals surface area contributed by atoms with Gasteiger partial charge >= 0.3 is 5.97 Å². The minimum absolute atomic E-state index is 0.106. The van der Waals surface area contributed by atoms with Gasteiger partial charge in [0.25, 0.3) is 15.9 Å². The van der Waals surface area contributed by atoms with Gasteiger partial charge in [0.15, 0.2) is 6.61 Å². The lowest BCUT2D eigenvalue weighted by atomic mass is 10.0. The molecule has 0 bridgehead atoms. The summed E-state index contributed by atoms with van der Waals surface area (Å²) in [5, 5.41) is 0. The molecule has 2 aromatic rings. The van der Waals surface area contributed by atoms with Gasteiger partial charge in [-0.3, -0.25) is 9.10 Å². The van der Waals surface area contributed by atoms with Crippen LogP contribution in [0, 0.1) is 0 Å². The third-order valence-corrected chi connectivity index (χ3v) is 7.02. The van der Waals surface area contributed by atoms with Gasteiger partial charge in [0, 0.05) is 19.6 Å². The predicted molar refractivity (Wildman–Crippen MR) is 114 cm³/mol. The van der Waals surface area contributed by atoms with Gasteiger partial charge in [-0.1, -0.05) is 18.2 Å². The van der Waals surface area contributed by atoms with Gasteiger partial charge in [0.1, 0.15) is 0 Å². The van der Waals surface area contributed by atoms with E-state index in [2.05, 4.69) is 0 Å². The average molecular weight is 431 g/mol. The molecule has 1 heterocycles. The zero-order valence-electron chi connectivity index (χ0n) is 17.2. The normalized spacial score (nSPS) is 13.5. The third kappa shape index (κ3) is 4.48. The topological polar surface area (TPSA) is 84.0 Å². The summed E-state index contributed by atoms with van der Waals surface area (Å²) in [6.07, 6.45) is 1.60. The number of rotatable bonds is 7. The second kappa shape index (κ2) is 9.30. The summed E-state index contributed by atoms with van der Waals surface area (Å²) in [5.41, 5.74) is 1.90. The summed E-state index contributed by atoms with van der Waals surface area (Å²) < 4.78 is 32.8. The smallest absolute Gasteiger partial charge is 0.338 e. The summed E-state index contributed by atoms with van der Waals surface area (Å²) >= 11 is 0. The number of anilines is 1. The van der Waals surface area contributed by atoms with Crippen LogP contribution in [0.1, 0.15) is 36.2 Å². The second-order valence-corrected chi connectivity index (χ2v) is 8.84. The molecule has 0 saturated carbocycles. The Morgan fingerprint density at radius 3 is 2.37 bits per heavy atom. The number of sulfonamides is 1. The van der Waals surface area contributed by atoms with Crippen LogP contribution in [0.3, 0.4) is 0 Å². The highest BCUT2D eigenvalue weighted by Gasteiger charge is 2.29. The molecule has 0 spiro atoms. The molecule has 8 heteroatoms. The summed E-state index contributed by atoms with van der Waals surface area (Å²) in [6, 6.07) is 13.1. The molecule has 1 amide bonds. The van der Waals surface area contributed by atoms with Crippen LogP contribution in [-0.2, 0) is 26.0 Å². The highest BCUT2D eigenvalue weighted by Crippen LogP contribution is 2.31. The zero-order valence-corrected chi connectivity index (χ0v) is 18.0. The number of benzene rings is 2. The van der Waals surface area contributed by atoms with Crippen LogP contribution in [0.4, 0.5) is 5.69 Å². The lowest BCUT2D eigenvalue weighted by Gasteiger charge is -2.30. The Morgan fingerprint density at radius 2 is 1.70 bits per heavy atom. The number of esters is 1. The highest BCUT2D eigenvalue weighted by molar-refractivity contribution is 7.92. The van der Waals surface area contributed by atoms with Crippen molar-refractivity contribution in [1.29, 1.82) is 0 Å². The van der Waals surface area contributed by atoms with E-state index >= 15 is 0 Å². The molecule has 160 valence electrons. The Kier molecular flexibility index (Phi) is 6.77. The molecule has 0 aromatic heterocycles. The Hall–Kier alpha value is -2.87. The molecule has 1 aliphatic heterocycles. The minimum atomic E-state index is -3.74. The molecule has 0 fully saturated rings. The largest absolute Gasteiger partial charge is 0.452 e. The molecule has 2 aromatic carbocycles. The van der Waals surface area contributed by atoms with Crippen LogP contribution in [0.25, 0.3) is 0 Å². The molecule has 0 radical (unpaired) electrons.